The van der Waals surface area contributed by atoms with Gasteiger partial charge >= 0.3 is 0 Å². The average Bonchev–Trinajstić information content (AvgIpc) is 3.41. The monoisotopic (exact) mass is 330 g/mol. The Morgan fingerprint density at radius 2 is 1.83 bits per heavy atom. The first-order valence-corrected chi connectivity index (χ1v) is 8.97. The minimum atomic E-state index is -0.788. The Bertz CT molecular complexity index is 602. The third kappa shape index (κ3) is 4.57. The minimum absolute atomic E-state index is 0.0281. The molecule has 24 heavy (non-hydrogen) atoms. The fraction of sp³-hybridized carbons (Fsp3) is 0.579. The number of anilines is 1. The molecule has 1 aromatic rings. The molecule has 0 spiro atoms. The summed E-state index contributed by atoms with van der Waals surface area (Å²) in [6.45, 7) is 0.282. The minimum Gasteiger partial charge on any atom is -0.388 e. The molecule has 5 heteroatoms. The van der Waals surface area contributed by atoms with Gasteiger partial charge in [0.25, 0.3) is 5.91 Å². The van der Waals surface area contributed by atoms with Gasteiger partial charge in [0.2, 0.25) is 5.91 Å². The van der Waals surface area contributed by atoms with Crippen molar-refractivity contribution in [2.24, 2.45) is 5.92 Å². The van der Waals surface area contributed by atoms with E-state index in [1.165, 1.54) is 0 Å². The zero-order valence-electron chi connectivity index (χ0n) is 14.0. The Labute approximate surface area is 142 Å². The molecule has 2 aliphatic rings. The molecule has 0 aromatic heterocycles. The van der Waals surface area contributed by atoms with Crippen LogP contribution in [0.2, 0.25) is 0 Å². The van der Waals surface area contributed by atoms with E-state index in [1.807, 2.05) is 0 Å². The molecular weight excluding hydrogens is 304 g/mol. The van der Waals surface area contributed by atoms with Crippen molar-refractivity contribution in [3.05, 3.63) is 29.8 Å². The van der Waals surface area contributed by atoms with E-state index < -0.39 is 5.60 Å². The Hall–Kier alpha value is -1.88. The Kier molecular flexibility index (Phi) is 5.19. The molecule has 130 valence electrons. The van der Waals surface area contributed by atoms with E-state index in [1.54, 1.807) is 24.3 Å². The Morgan fingerprint density at radius 3 is 2.50 bits per heavy atom. The van der Waals surface area contributed by atoms with Crippen molar-refractivity contribution in [1.29, 1.82) is 0 Å². The second kappa shape index (κ2) is 7.34. The molecule has 5 nitrogen and oxygen atoms in total. The molecule has 0 unspecified atom stereocenters. The Morgan fingerprint density at radius 1 is 1.12 bits per heavy atom. The van der Waals surface area contributed by atoms with Crippen molar-refractivity contribution in [1.82, 2.24) is 5.32 Å². The summed E-state index contributed by atoms with van der Waals surface area (Å²) in [7, 11) is 0. The van der Waals surface area contributed by atoms with Gasteiger partial charge in [-0.25, -0.2) is 0 Å². The summed E-state index contributed by atoms with van der Waals surface area (Å²) in [6.07, 6.45) is 7.70. The lowest BCUT2D eigenvalue weighted by Gasteiger charge is -2.26. The summed E-state index contributed by atoms with van der Waals surface area (Å²) in [6, 6.07) is 6.96. The summed E-state index contributed by atoms with van der Waals surface area (Å²) in [4.78, 5) is 24.2. The SMILES string of the molecule is O=C(NCC1(O)CCCCCC1)c1cccc(NC(=O)C2CC2)c1. The van der Waals surface area contributed by atoms with Gasteiger partial charge in [-0.05, 0) is 43.9 Å². The number of hydrogen-bond donors (Lipinski definition) is 3. The van der Waals surface area contributed by atoms with E-state index in [0.717, 1.165) is 51.4 Å². The van der Waals surface area contributed by atoms with Crippen LogP contribution in [-0.2, 0) is 4.79 Å². The lowest BCUT2D eigenvalue weighted by atomic mass is 9.94. The van der Waals surface area contributed by atoms with Crippen molar-refractivity contribution in [2.75, 3.05) is 11.9 Å². The number of carbonyl (C=O) groups is 2. The molecule has 2 fully saturated rings. The van der Waals surface area contributed by atoms with Crippen molar-refractivity contribution >= 4 is 17.5 Å². The summed E-state index contributed by atoms with van der Waals surface area (Å²) >= 11 is 0. The Balaban J connectivity index is 1.57. The van der Waals surface area contributed by atoms with Gasteiger partial charge in [-0.15, -0.1) is 0 Å². The molecule has 3 rings (SSSR count). The van der Waals surface area contributed by atoms with E-state index in [9.17, 15) is 14.7 Å². The second-order valence-corrected chi connectivity index (χ2v) is 7.17. The lowest BCUT2D eigenvalue weighted by Crippen LogP contribution is -2.42. The number of nitrogens with one attached hydrogen (secondary N) is 2. The third-order valence-corrected chi connectivity index (χ3v) is 4.95. The predicted octanol–water partition coefficient (Wildman–Crippen LogP) is 2.85. The van der Waals surface area contributed by atoms with Crippen LogP contribution in [-0.4, -0.2) is 29.1 Å². The van der Waals surface area contributed by atoms with Gasteiger partial charge in [-0.3, -0.25) is 9.59 Å². The van der Waals surface area contributed by atoms with Crippen molar-refractivity contribution < 1.29 is 14.7 Å². The fourth-order valence-electron chi connectivity index (χ4n) is 3.24. The molecule has 0 atom stereocenters. The highest BCUT2D eigenvalue weighted by Crippen LogP contribution is 2.30. The highest BCUT2D eigenvalue weighted by atomic mass is 16.3. The van der Waals surface area contributed by atoms with Gasteiger partial charge in [0, 0.05) is 23.7 Å². The van der Waals surface area contributed by atoms with Crippen LogP contribution in [0, 0.1) is 5.92 Å². The van der Waals surface area contributed by atoms with E-state index in [2.05, 4.69) is 10.6 Å². The highest BCUT2D eigenvalue weighted by molar-refractivity contribution is 5.98. The predicted molar refractivity (Wildman–Crippen MR) is 92.8 cm³/mol. The fourth-order valence-corrected chi connectivity index (χ4v) is 3.24. The number of carbonyl (C=O) groups excluding carboxylic acids is 2. The normalized spacial score (nSPS) is 20.0. The number of aliphatic hydroxyl groups is 1. The molecule has 0 heterocycles. The maximum atomic E-state index is 12.4. The summed E-state index contributed by atoms with van der Waals surface area (Å²) in [5.41, 5.74) is 0.359. The number of rotatable bonds is 5. The molecule has 0 radical (unpaired) electrons. The second-order valence-electron chi connectivity index (χ2n) is 7.17. The third-order valence-electron chi connectivity index (χ3n) is 4.95. The molecule has 0 aliphatic heterocycles. The van der Waals surface area contributed by atoms with Crippen LogP contribution in [0.1, 0.15) is 61.7 Å². The molecule has 1 aromatic carbocycles. The van der Waals surface area contributed by atoms with Crippen LogP contribution in [0.15, 0.2) is 24.3 Å². The summed E-state index contributed by atoms with van der Waals surface area (Å²) in [5, 5.41) is 16.3. The van der Waals surface area contributed by atoms with Crippen LogP contribution in [0.25, 0.3) is 0 Å². The van der Waals surface area contributed by atoms with E-state index in [-0.39, 0.29) is 24.3 Å². The molecule has 2 saturated carbocycles. The summed E-state index contributed by atoms with van der Waals surface area (Å²) < 4.78 is 0. The molecule has 3 N–H and O–H groups in total. The quantitative estimate of drug-likeness (QED) is 0.726. The van der Waals surface area contributed by atoms with E-state index in [0.29, 0.717) is 11.3 Å². The van der Waals surface area contributed by atoms with Gasteiger partial charge in [-0.2, -0.15) is 0 Å². The van der Waals surface area contributed by atoms with Gasteiger partial charge in [0.05, 0.1) is 5.60 Å². The maximum absolute atomic E-state index is 12.4. The first-order valence-electron chi connectivity index (χ1n) is 8.97. The number of benzene rings is 1. The average molecular weight is 330 g/mol. The van der Waals surface area contributed by atoms with Gasteiger partial charge < -0.3 is 15.7 Å². The molecular formula is C19H26N2O3. The highest BCUT2D eigenvalue weighted by Gasteiger charge is 2.30. The van der Waals surface area contributed by atoms with E-state index >= 15 is 0 Å². The zero-order chi connectivity index (χ0) is 17.0. The number of amides is 2. The van der Waals surface area contributed by atoms with Crippen molar-refractivity contribution in [3.63, 3.8) is 0 Å². The van der Waals surface area contributed by atoms with Gasteiger partial charge in [0.15, 0.2) is 0 Å². The van der Waals surface area contributed by atoms with Crippen LogP contribution >= 0.6 is 0 Å². The molecule has 0 saturated heterocycles. The lowest BCUT2D eigenvalue weighted by molar-refractivity contribution is -0.117. The maximum Gasteiger partial charge on any atom is 0.251 e. The van der Waals surface area contributed by atoms with Crippen LogP contribution < -0.4 is 10.6 Å². The van der Waals surface area contributed by atoms with Crippen LogP contribution in [0.4, 0.5) is 5.69 Å². The first kappa shape index (κ1) is 17.0. The van der Waals surface area contributed by atoms with E-state index in [4.69, 9.17) is 0 Å². The van der Waals surface area contributed by atoms with Gasteiger partial charge in [0.1, 0.15) is 0 Å². The van der Waals surface area contributed by atoms with Gasteiger partial charge in [-0.1, -0.05) is 31.7 Å². The largest absolute Gasteiger partial charge is 0.388 e. The standard InChI is InChI=1S/C19H26N2O3/c22-17(20-13-19(24)10-3-1-2-4-11-19)15-6-5-7-16(12-15)21-18(23)14-8-9-14/h5-7,12,14,24H,1-4,8-11,13H2,(H,20,22)(H,21,23). The number of hydrogen-bond acceptors (Lipinski definition) is 3. The molecule has 0 bridgehead atoms. The molecule has 2 amide bonds. The summed E-state index contributed by atoms with van der Waals surface area (Å²) in [5.74, 6) is -0.0533. The molecule has 2 aliphatic carbocycles. The zero-order valence-corrected chi connectivity index (χ0v) is 14.0. The smallest absolute Gasteiger partial charge is 0.251 e. The van der Waals surface area contributed by atoms with Crippen molar-refractivity contribution in [2.45, 2.75) is 57.0 Å². The van der Waals surface area contributed by atoms with Crippen LogP contribution in [0.3, 0.4) is 0 Å². The van der Waals surface area contributed by atoms with Crippen LogP contribution in [0.5, 0.6) is 0 Å². The van der Waals surface area contributed by atoms with Crippen molar-refractivity contribution in [3.8, 4) is 0 Å². The first-order chi connectivity index (χ1) is 11.6. The topological polar surface area (TPSA) is 78.4 Å².